The summed E-state index contributed by atoms with van der Waals surface area (Å²) in [4.78, 5) is 16.3. The lowest BCUT2D eigenvalue weighted by molar-refractivity contribution is -0.00138. The van der Waals surface area contributed by atoms with Gasteiger partial charge in [-0.25, -0.2) is 0 Å². The average Bonchev–Trinajstić information content (AvgIpc) is 3.22. The number of carbonyl (C=O) groups excluding carboxylic acids is 1. The molecular weight excluding hydrogens is 304 g/mol. The number of hydrogen-bond donors (Lipinski definition) is 1. The number of piperidine rings is 3. The maximum Gasteiger partial charge on any atom is 0.261 e. The van der Waals surface area contributed by atoms with Gasteiger partial charge in [0.15, 0.2) is 0 Å². The number of rotatable bonds is 2. The van der Waals surface area contributed by atoms with E-state index in [9.17, 15) is 4.79 Å². The Morgan fingerprint density at radius 3 is 2.78 bits per heavy atom. The molecule has 1 aromatic carbocycles. The average molecular weight is 326 g/mol. The molecule has 4 heterocycles. The van der Waals surface area contributed by atoms with Crippen molar-refractivity contribution in [1.29, 1.82) is 0 Å². The number of benzene rings is 1. The number of nitrogens with zero attached hydrogens (tertiary/aromatic N) is 1. The van der Waals surface area contributed by atoms with Crippen LogP contribution in [0.5, 0.6) is 0 Å². The summed E-state index contributed by atoms with van der Waals surface area (Å²) in [6.45, 7) is 4.57. The standard InChI is InChI=1S/C19H22N2OS/c1-12-2-3-14-11-16(23-15(14)10-12)18(22)20-17-13-4-8-21(9-5-13)19(17)6-7-19/h2-3,10-11,13,17H,4-9H2,1H3,(H,20,22)/t17-/m1/s1. The van der Waals surface area contributed by atoms with Gasteiger partial charge in [0.25, 0.3) is 5.91 Å². The summed E-state index contributed by atoms with van der Waals surface area (Å²) < 4.78 is 1.21. The molecule has 3 saturated heterocycles. The second-order valence-electron chi connectivity index (χ2n) is 7.53. The summed E-state index contributed by atoms with van der Waals surface area (Å²) in [6, 6.07) is 8.82. The number of nitrogens with one attached hydrogen (secondary N) is 1. The van der Waals surface area contributed by atoms with Crippen LogP contribution in [0.3, 0.4) is 0 Å². The molecule has 1 aromatic heterocycles. The molecule has 1 spiro atoms. The Kier molecular flexibility index (Phi) is 2.92. The van der Waals surface area contributed by atoms with E-state index in [-0.39, 0.29) is 5.91 Å². The number of thiophene rings is 1. The molecule has 1 aliphatic carbocycles. The van der Waals surface area contributed by atoms with Crippen molar-refractivity contribution in [2.24, 2.45) is 5.92 Å². The molecule has 2 aromatic rings. The Bertz CT molecular complexity index is 784. The van der Waals surface area contributed by atoms with E-state index in [0.29, 0.717) is 17.5 Å². The van der Waals surface area contributed by atoms with Crippen LogP contribution in [0.4, 0.5) is 0 Å². The van der Waals surface area contributed by atoms with Gasteiger partial charge >= 0.3 is 0 Å². The molecule has 3 nitrogen and oxygen atoms in total. The van der Waals surface area contributed by atoms with Gasteiger partial charge in [0.05, 0.1) is 10.9 Å². The molecule has 1 saturated carbocycles. The van der Waals surface area contributed by atoms with Gasteiger partial charge in [0.1, 0.15) is 0 Å². The first-order valence-electron chi connectivity index (χ1n) is 8.72. The molecule has 120 valence electrons. The summed E-state index contributed by atoms with van der Waals surface area (Å²) in [7, 11) is 0. The van der Waals surface area contributed by atoms with Gasteiger partial charge in [-0.2, -0.15) is 0 Å². The summed E-state index contributed by atoms with van der Waals surface area (Å²) in [5.74, 6) is 0.817. The topological polar surface area (TPSA) is 32.3 Å². The molecule has 4 aliphatic rings. The van der Waals surface area contributed by atoms with E-state index in [0.717, 1.165) is 4.88 Å². The highest BCUT2D eigenvalue weighted by atomic mass is 32.1. The minimum absolute atomic E-state index is 0.133. The van der Waals surface area contributed by atoms with Gasteiger partial charge in [-0.15, -0.1) is 11.3 Å². The summed E-state index contributed by atoms with van der Waals surface area (Å²) in [6.07, 6.45) is 5.02. The number of amides is 1. The number of fused-ring (bicyclic) bond motifs is 3. The van der Waals surface area contributed by atoms with Crippen LogP contribution in [-0.2, 0) is 0 Å². The molecule has 6 rings (SSSR count). The molecular formula is C19H22N2OS. The highest BCUT2D eigenvalue weighted by Crippen LogP contribution is 2.53. The van der Waals surface area contributed by atoms with Crippen molar-refractivity contribution in [2.75, 3.05) is 13.1 Å². The van der Waals surface area contributed by atoms with Crippen LogP contribution in [0.25, 0.3) is 10.1 Å². The van der Waals surface area contributed by atoms with Crippen molar-refractivity contribution < 1.29 is 4.79 Å². The molecule has 2 bridgehead atoms. The van der Waals surface area contributed by atoms with Crippen molar-refractivity contribution in [3.63, 3.8) is 0 Å². The lowest BCUT2D eigenvalue weighted by Gasteiger charge is -2.52. The van der Waals surface area contributed by atoms with Gasteiger partial charge in [0.2, 0.25) is 0 Å². The fraction of sp³-hybridized carbons (Fsp3) is 0.526. The zero-order valence-electron chi connectivity index (χ0n) is 13.5. The summed E-state index contributed by atoms with van der Waals surface area (Å²) in [5, 5.41) is 4.61. The van der Waals surface area contributed by atoms with E-state index >= 15 is 0 Å². The SMILES string of the molecule is Cc1ccc2cc(C(=O)N[C@@H]3C4CCN(CC4)C34CC4)sc2c1. The van der Waals surface area contributed by atoms with Crippen LogP contribution in [0, 0.1) is 12.8 Å². The minimum atomic E-state index is 0.133. The second-order valence-corrected chi connectivity index (χ2v) is 8.61. The smallest absolute Gasteiger partial charge is 0.261 e. The molecule has 1 amide bonds. The quantitative estimate of drug-likeness (QED) is 0.915. The van der Waals surface area contributed by atoms with Crippen molar-refractivity contribution in [2.45, 2.75) is 44.2 Å². The molecule has 4 heteroatoms. The number of hydrogen-bond acceptors (Lipinski definition) is 3. The van der Waals surface area contributed by atoms with Gasteiger partial charge < -0.3 is 5.32 Å². The van der Waals surface area contributed by atoms with Crippen LogP contribution in [-0.4, -0.2) is 35.5 Å². The third-order valence-corrected chi connectivity index (χ3v) is 7.26. The lowest BCUT2D eigenvalue weighted by atomic mass is 9.77. The third kappa shape index (κ3) is 2.08. The maximum absolute atomic E-state index is 12.8. The van der Waals surface area contributed by atoms with E-state index in [1.807, 2.05) is 0 Å². The van der Waals surface area contributed by atoms with Crippen molar-refractivity contribution in [3.05, 3.63) is 34.7 Å². The zero-order valence-corrected chi connectivity index (χ0v) is 14.3. The first-order valence-corrected chi connectivity index (χ1v) is 9.53. The van der Waals surface area contributed by atoms with Crippen molar-refractivity contribution in [3.8, 4) is 0 Å². The summed E-state index contributed by atoms with van der Waals surface area (Å²) in [5.41, 5.74) is 1.56. The van der Waals surface area contributed by atoms with Crippen LogP contribution >= 0.6 is 11.3 Å². The molecule has 0 radical (unpaired) electrons. The van der Waals surface area contributed by atoms with Crippen molar-refractivity contribution in [1.82, 2.24) is 10.2 Å². The van der Waals surface area contributed by atoms with E-state index in [1.54, 1.807) is 11.3 Å². The highest BCUT2D eigenvalue weighted by Gasteiger charge is 2.60. The molecule has 4 fully saturated rings. The van der Waals surface area contributed by atoms with Crippen LogP contribution in [0.1, 0.15) is 40.9 Å². The Labute approximate surface area is 140 Å². The van der Waals surface area contributed by atoms with E-state index < -0.39 is 0 Å². The van der Waals surface area contributed by atoms with Crippen LogP contribution < -0.4 is 5.32 Å². The second kappa shape index (κ2) is 4.81. The predicted octanol–water partition coefficient (Wildman–Crippen LogP) is 3.57. The van der Waals surface area contributed by atoms with Gasteiger partial charge in [-0.05, 0) is 74.7 Å². The van der Waals surface area contributed by atoms with Crippen molar-refractivity contribution >= 4 is 27.3 Å². The zero-order chi connectivity index (χ0) is 15.6. The predicted molar refractivity (Wildman–Crippen MR) is 94.1 cm³/mol. The van der Waals surface area contributed by atoms with E-state index in [1.165, 1.54) is 54.4 Å². The Morgan fingerprint density at radius 1 is 1.26 bits per heavy atom. The molecule has 23 heavy (non-hydrogen) atoms. The van der Waals surface area contributed by atoms with Gasteiger partial charge in [-0.1, -0.05) is 12.1 Å². The highest BCUT2D eigenvalue weighted by molar-refractivity contribution is 7.20. The molecule has 1 atom stereocenters. The largest absolute Gasteiger partial charge is 0.346 e. The van der Waals surface area contributed by atoms with Gasteiger partial charge in [0, 0.05) is 10.2 Å². The first-order chi connectivity index (χ1) is 11.2. The Balaban J connectivity index is 1.42. The minimum Gasteiger partial charge on any atom is -0.346 e. The normalized spacial score (nSPS) is 30.7. The lowest BCUT2D eigenvalue weighted by Crippen LogP contribution is -2.65. The first kappa shape index (κ1) is 14.0. The van der Waals surface area contributed by atoms with Gasteiger partial charge in [-0.3, -0.25) is 9.69 Å². The molecule has 1 N–H and O–H groups in total. The fourth-order valence-electron chi connectivity index (χ4n) is 4.78. The number of aryl methyl sites for hydroxylation is 1. The Morgan fingerprint density at radius 2 is 2.04 bits per heavy atom. The van der Waals surface area contributed by atoms with E-state index in [2.05, 4.69) is 41.4 Å². The maximum atomic E-state index is 12.8. The molecule has 3 aliphatic heterocycles. The van der Waals surface area contributed by atoms with Crippen LogP contribution in [0.15, 0.2) is 24.3 Å². The third-order valence-electron chi connectivity index (χ3n) is 6.17. The fourth-order valence-corrected chi connectivity index (χ4v) is 5.85. The molecule has 0 unspecified atom stereocenters. The van der Waals surface area contributed by atoms with Crippen LogP contribution in [0.2, 0.25) is 0 Å². The summed E-state index contributed by atoms with van der Waals surface area (Å²) >= 11 is 1.62. The van der Waals surface area contributed by atoms with E-state index in [4.69, 9.17) is 0 Å². The number of carbonyl (C=O) groups is 1. The Hall–Kier alpha value is -1.39. The monoisotopic (exact) mass is 326 g/mol.